The monoisotopic (exact) mass is 287 g/mol. The number of halogens is 1. The number of benzene rings is 1. The van der Waals surface area contributed by atoms with Crippen LogP contribution in [0.15, 0.2) is 16.6 Å². The van der Waals surface area contributed by atoms with Gasteiger partial charge in [0.2, 0.25) is 0 Å². The second-order valence-corrected chi connectivity index (χ2v) is 4.44. The number of nitrogens with two attached hydrogens (primary N) is 1. The lowest BCUT2D eigenvalue weighted by Crippen LogP contribution is -2.33. The minimum atomic E-state index is -0.760. The van der Waals surface area contributed by atoms with Gasteiger partial charge in [0.1, 0.15) is 11.8 Å². The number of aromatic hydroxyl groups is 1. The summed E-state index contributed by atoms with van der Waals surface area (Å²) >= 11 is 3.23. The molecule has 0 fully saturated rings. The van der Waals surface area contributed by atoms with Crippen LogP contribution >= 0.6 is 15.9 Å². The summed E-state index contributed by atoms with van der Waals surface area (Å²) in [4.78, 5) is 11.2. The third-order valence-corrected chi connectivity index (χ3v) is 2.83. The van der Waals surface area contributed by atoms with Crippen molar-refractivity contribution >= 4 is 21.9 Å². The van der Waals surface area contributed by atoms with Crippen molar-refractivity contribution in [2.45, 2.75) is 19.4 Å². The molecule has 0 saturated heterocycles. The Balaban J connectivity index is 2.93. The summed E-state index contributed by atoms with van der Waals surface area (Å²) in [5.41, 5.74) is 7.24. The van der Waals surface area contributed by atoms with E-state index >= 15 is 0 Å². The number of methoxy groups -OCH3 is 1. The molecule has 1 rings (SSSR count). The molecule has 0 saturated carbocycles. The number of hydrogen-bond acceptors (Lipinski definition) is 4. The van der Waals surface area contributed by atoms with Gasteiger partial charge in [0.05, 0.1) is 11.6 Å². The molecule has 1 unspecified atom stereocenters. The SMILES string of the molecule is COC(=O)C(N)Cc1cc(C)cc(Br)c1O. The third-order valence-electron chi connectivity index (χ3n) is 2.23. The summed E-state index contributed by atoms with van der Waals surface area (Å²) in [6, 6.07) is 2.83. The fourth-order valence-corrected chi connectivity index (χ4v) is 2.05. The second-order valence-electron chi connectivity index (χ2n) is 3.59. The molecule has 0 aromatic heterocycles. The van der Waals surface area contributed by atoms with Gasteiger partial charge < -0.3 is 15.6 Å². The predicted molar refractivity (Wildman–Crippen MR) is 64.2 cm³/mol. The highest BCUT2D eigenvalue weighted by Crippen LogP contribution is 2.30. The maximum atomic E-state index is 11.2. The zero-order valence-corrected chi connectivity index (χ0v) is 10.7. The summed E-state index contributed by atoms with van der Waals surface area (Å²) in [6.45, 7) is 1.90. The van der Waals surface area contributed by atoms with Gasteiger partial charge in [0.25, 0.3) is 0 Å². The Morgan fingerprint density at radius 3 is 2.81 bits per heavy atom. The van der Waals surface area contributed by atoms with Crippen LogP contribution in [0, 0.1) is 6.92 Å². The van der Waals surface area contributed by atoms with Crippen LogP contribution in [-0.2, 0) is 16.0 Å². The first-order chi connectivity index (χ1) is 7.45. The van der Waals surface area contributed by atoms with Gasteiger partial charge in [-0.1, -0.05) is 6.07 Å². The molecular formula is C11H14BrNO3. The number of rotatable bonds is 3. The van der Waals surface area contributed by atoms with E-state index in [1.165, 1.54) is 7.11 Å². The third kappa shape index (κ3) is 2.96. The van der Waals surface area contributed by atoms with Crippen LogP contribution in [0.3, 0.4) is 0 Å². The topological polar surface area (TPSA) is 72.5 Å². The van der Waals surface area contributed by atoms with E-state index in [2.05, 4.69) is 20.7 Å². The van der Waals surface area contributed by atoms with Crippen molar-refractivity contribution in [3.63, 3.8) is 0 Å². The summed E-state index contributed by atoms with van der Waals surface area (Å²) in [5, 5.41) is 9.77. The summed E-state index contributed by atoms with van der Waals surface area (Å²) < 4.78 is 5.12. The number of phenolic OH excluding ortho intramolecular Hbond substituents is 1. The smallest absolute Gasteiger partial charge is 0.322 e. The summed E-state index contributed by atoms with van der Waals surface area (Å²) in [5.74, 6) is -0.373. The molecule has 16 heavy (non-hydrogen) atoms. The van der Waals surface area contributed by atoms with Gasteiger partial charge in [-0.25, -0.2) is 0 Å². The van der Waals surface area contributed by atoms with E-state index in [4.69, 9.17) is 5.73 Å². The van der Waals surface area contributed by atoms with Gasteiger partial charge in [0.15, 0.2) is 0 Å². The summed E-state index contributed by atoms with van der Waals surface area (Å²) in [6.07, 6.45) is 0.249. The highest BCUT2D eigenvalue weighted by Gasteiger charge is 2.17. The molecule has 0 heterocycles. The molecule has 0 aliphatic carbocycles. The van der Waals surface area contributed by atoms with Crippen LogP contribution in [0.1, 0.15) is 11.1 Å². The van der Waals surface area contributed by atoms with Gasteiger partial charge in [0, 0.05) is 6.42 Å². The Kier molecular flexibility index (Phi) is 4.32. The van der Waals surface area contributed by atoms with Crippen LogP contribution < -0.4 is 5.73 Å². The van der Waals surface area contributed by atoms with E-state index in [1.807, 2.05) is 6.92 Å². The minimum absolute atomic E-state index is 0.116. The predicted octanol–water partition coefficient (Wildman–Crippen LogP) is 1.51. The average Bonchev–Trinajstić information content (AvgIpc) is 2.23. The molecule has 4 nitrogen and oxygen atoms in total. The van der Waals surface area contributed by atoms with Crippen LogP contribution in [-0.4, -0.2) is 24.2 Å². The van der Waals surface area contributed by atoms with Crippen LogP contribution in [0.2, 0.25) is 0 Å². The zero-order valence-electron chi connectivity index (χ0n) is 9.16. The van der Waals surface area contributed by atoms with E-state index in [-0.39, 0.29) is 12.2 Å². The molecule has 0 amide bonds. The normalized spacial score (nSPS) is 12.2. The van der Waals surface area contributed by atoms with Crippen molar-refractivity contribution < 1.29 is 14.6 Å². The summed E-state index contributed by atoms with van der Waals surface area (Å²) in [7, 11) is 1.29. The van der Waals surface area contributed by atoms with Gasteiger partial charge >= 0.3 is 5.97 Å². The van der Waals surface area contributed by atoms with Gasteiger partial charge in [-0.2, -0.15) is 0 Å². The second kappa shape index (κ2) is 5.32. The first kappa shape index (κ1) is 13.0. The Bertz CT molecular complexity index is 406. The maximum Gasteiger partial charge on any atom is 0.322 e. The lowest BCUT2D eigenvalue weighted by Gasteiger charge is -2.12. The van der Waals surface area contributed by atoms with Crippen molar-refractivity contribution in [1.29, 1.82) is 0 Å². The van der Waals surface area contributed by atoms with Crippen molar-refractivity contribution in [1.82, 2.24) is 0 Å². The molecule has 88 valence electrons. The number of carbonyl (C=O) groups excluding carboxylic acids is 1. The minimum Gasteiger partial charge on any atom is -0.506 e. The number of esters is 1. The first-order valence-corrected chi connectivity index (χ1v) is 5.56. The van der Waals surface area contributed by atoms with Crippen molar-refractivity contribution in [2.24, 2.45) is 5.73 Å². The van der Waals surface area contributed by atoms with E-state index in [9.17, 15) is 9.90 Å². The maximum absolute atomic E-state index is 11.2. The molecule has 0 aliphatic rings. The van der Waals surface area contributed by atoms with E-state index < -0.39 is 12.0 Å². The van der Waals surface area contributed by atoms with Crippen LogP contribution in [0.4, 0.5) is 0 Å². The van der Waals surface area contributed by atoms with E-state index in [0.717, 1.165) is 5.56 Å². The Morgan fingerprint density at radius 1 is 1.62 bits per heavy atom. The van der Waals surface area contributed by atoms with E-state index in [1.54, 1.807) is 12.1 Å². The molecule has 1 aromatic rings. The molecule has 5 heteroatoms. The molecule has 1 aromatic carbocycles. The van der Waals surface area contributed by atoms with Crippen LogP contribution in [0.25, 0.3) is 0 Å². The molecule has 3 N–H and O–H groups in total. The molecule has 0 radical (unpaired) electrons. The standard InChI is InChI=1S/C11H14BrNO3/c1-6-3-7(10(14)8(12)4-6)5-9(13)11(15)16-2/h3-4,9,14H,5,13H2,1-2H3. The van der Waals surface area contributed by atoms with Crippen molar-refractivity contribution in [3.8, 4) is 5.75 Å². The Labute approximate surface area is 103 Å². The average molecular weight is 288 g/mol. The molecule has 0 bridgehead atoms. The van der Waals surface area contributed by atoms with Crippen molar-refractivity contribution in [2.75, 3.05) is 7.11 Å². The fourth-order valence-electron chi connectivity index (χ4n) is 1.43. The Morgan fingerprint density at radius 2 is 2.25 bits per heavy atom. The first-order valence-electron chi connectivity index (χ1n) is 4.77. The van der Waals surface area contributed by atoms with Gasteiger partial charge in [-0.15, -0.1) is 0 Å². The van der Waals surface area contributed by atoms with Crippen LogP contribution in [0.5, 0.6) is 5.75 Å². The molecular weight excluding hydrogens is 274 g/mol. The number of phenols is 1. The quantitative estimate of drug-likeness (QED) is 0.827. The lowest BCUT2D eigenvalue weighted by molar-refractivity contribution is -0.142. The zero-order chi connectivity index (χ0) is 12.3. The van der Waals surface area contributed by atoms with Gasteiger partial charge in [-0.05, 0) is 40.0 Å². The largest absolute Gasteiger partial charge is 0.506 e. The molecule has 0 spiro atoms. The lowest BCUT2D eigenvalue weighted by atomic mass is 10.0. The number of aryl methyl sites for hydroxylation is 1. The highest BCUT2D eigenvalue weighted by atomic mass is 79.9. The number of hydrogen-bond donors (Lipinski definition) is 2. The Hall–Kier alpha value is -1.07. The molecule has 1 atom stereocenters. The van der Waals surface area contributed by atoms with Gasteiger partial charge in [-0.3, -0.25) is 4.79 Å². The van der Waals surface area contributed by atoms with E-state index in [0.29, 0.717) is 10.0 Å². The fraction of sp³-hybridized carbons (Fsp3) is 0.364. The number of ether oxygens (including phenoxy) is 1. The highest BCUT2D eigenvalue weighted by molar-refractivity contribution is 9.10. The van der Waals surface area contributed by atoms with Crippen molar-refractivity contribution in [3.05, 3.63) is 27.7 Å². The molecule has 0 aliphatic heterocycles. The number of carbonyl (C=O) groups is 1.